The van der Waals surface area contributed by atoms with Gasteiger partial charge in [-0.25, -0.2) is 13.1 Å². The largest absolute Gasteiger partial charge is 0.325 e. The number of aryl methyl sites for hydroxylation is 3. The minimum absolute atomic E-state index is 0.0408. The zero-order valence-electron chi connectivity index (χ0n) is 17.9. The normalized spacial score (nSPS) is 17.6. The quantitative estimate of drug-likeness (QED) is 0.708. The number of benzene rings is 2. The van der Waals surface area contributed by atoms with Crippen molar-refractivity contribution in [1.82, 2.24) is 9.62 Å². The summed E-state index contributed by atoms with van der Waals surface area (Å²) < 4.78 is 27.8. The zero-order valence-corrected chi connectivity index (χ0v) is 18.8. The molecule has 2 N–H and O–H groups in total. The van der Waals surface area contributed by atoms with Crippen LogP contribution in [0.4, 0.5) is 5.69 Å². The van der Waals surface area contributed by atoms with Gasteiger partial charge in [-0.1, -0.05) is 23.8 Å². The molecule has 6 nitrogen and oxygen atoms in total. The first-order chi connectivity index (χ1) is 14.2. The molecule has 1 atom stereocenters. The molecule has 1 aliphatic heterocycles. The Bertz CT molecular complexity index is 967. The highest BCUT2D eigenvalue weighted by molar-refractivity contribution is 7.89. The first-order valence-electron chi connectivity index (χ1n) is 10.4. The fraction of sp³-hybridized carbons (Fsp3) is 0.435. The van der Waals surface area contributed by atoms with Crippen LogP contribution in [0.15, 0.2) is 47.4 Å². The maximum Gasteiger partial charge on any atom is 0.240 e. The molecule has 162 valence electrons. The van der Waals surface area contributed by atoms with Crippen molar-refractivity contribution in [3.05, 3.63) is 59.2 Å². The van der Waals surface area contributed by atoms with Crippen molar-refractivity contribution < 1.29 is 13.2 Å². The average molecular weight is 430 g/mol. The molecule has 1 fully saturated rings. The third kappa shape index (κ3) is 6.39. The predicted molar refractivity (Wildman–Crippen MR) is 120 cm³/mol. The Hall–Kier alpha value is -2.22. The maximum atomic E-state index is 12.5. The van der Waals surface area contributed by atoms with E-state index in [-0.39, 0.29) is 16.7 Å². The predicted octanol–water partition coefficient (Wildman–Crippen LogP) is 3.24. The molecule has 1 amide bonds. The summed E-state index contributed by atoms with van der Waals surface area (Å²) in [5, 5.41) is 2.98. The summed E-state index contributed by atoms with van der Waals surface area (Å²) in [6, 6.07) is 12.8. The number of likely N-dealkylation sites (tertiary alicyclic amines) is 1. The number of amides is 1. The van der Waals surface area contributed by atoms with E-state index < -0.39 is 10.0 Å². The van der Waals surface area contributed by atoms with Gasteiger partial charge in [-0.3, -0.25) is 9.69 Å². The van der Waals surface area contributed by atoms with Crippen LogP contribution in [-0.4, -0.2) is 45.4 Å². The highest BCUT2D eigenvalue weighted by Gasteiger charge is 2.24. The van der Waals surface area contributed by atoms with Gasteiger partial charge < -0.3 is 5.32 Å². The second kappa shape index (κ2) is 9.73. The maximum absolute atomic E-state index is 12.5. The Balaban J connectivity index is 1.51. The minimum atomic E-state index is -3.51. The monoisotopic (exact) mass is 429 g/mol. The lowest BCUT2D eigenvalue weighted by atomic mass is 9.98. The van der Waals surface area contributed by atoms with E-state index in [1.165, 1.54) is 0 Å². The van der Waals surface area contributed by atoms with Gasteiger partial charge in [0.2, 0.25) is 15.9 Å². The highest BCUT2D eigenvalue weighted by atomic mass is 32.2. The molecule has 0 radical (unpaired) electrons. The molecule has 1 aliphatic rings. The second-order valence-corrected chi connectivity index (χ2v) is 10.1. The van der Waals surface area contributed by atoms with E-state index in [1.807, 2.05) is 32.9 Å². The molecule has 1 heterocycles. The molecule has 3 rings (SSSR count). The van der Waals surface area contributed by atoms with Gasteiger partial charge in [0.25, 0.3) is 0 Å². The Morgan fingerprint density at radius 1 is 1.03 bits per heavy atom. The number of anilines is 1. The third-order valence-electron chi connectivity index (χ3n) is 5.37. The number of piperidine rings is 1. The average Bonchev–Trinajstić information content (AvgIpc) is 2.66. The van der Waals surface area contributed by atoms with Crippen LogP contribution in [0.25, 0.3) is 0 Å². The summed E-state index contributed by atoms with van der Waals surface area (Å²) in [5.41, 5.74) is 4.07. The van der Waals surface area contributed by atoms with E-state index in [2.05, 4.69) is 21.0 Å². The Morgan fingerprint density at radius 3 is 2.37 bits per heavy atom. The molecule has 30 heavy (non-hydrogen) atoms. The van der Waals surface area contributed by atoms with Gasteiger partial charge in [0.05, 0.1) is 11.4 Å². The van der Waals surface area contributed by atoms with Crippen molar-refractivity contribution in [2.45, 2.75) is 38.5 Å². The molecular formula is C23H31N3O3S. The summed E-state index contributed by atoms with van der Waals surface area (Å²) >= 11 is 0. The fourth-order valence-electron chi connectivity index (χ4n) is 3.94. The van der Waals surface area contributed by atoms with Crippen LogP contribution in [0, 0.1) is 26.7 Å². The van der Waals surface area contributed by atoms with Crippen molar-refractivity contribution in [3.63, 3.8) is 0 Å². The van der Waals surface area contributed by atoms with Crippen molar-refractivity contribution in [2.75, 3.05) is 31.5 Å². The molecule has 0 bridgehead atoms. The molecule has 0 aromatic heterocycles. The van der Waals surface area contributed by atoms with E-state index in [9.17, 15) is 13.2 Å². The molecule has 7 heteroatoms. The Kier molecular flexibility index (Phi) is 7.28. The lowest BCUT2D eigenvalue weighted by Crippen LogP contribution is -2.43. The van der Waals surface area contributed by atoms with Gasteiger partial charge in [0.1, 0.15) is 0 Å². The van der Waals surface area contributed by atoms with Gasteiger partial charge in [-0.2, -0.15) is 0 Å². The number of hydrogen-bond donors (Lipinski definition) is 2. The van der Waals surface area contributed by atoms with Crippen LogP contribution in [-0.2, 0) is 14.8 Å². The number of rotatable bonds is 7. The van der Waals surface area contributed by atoms with Crippen molar-refractivity contribution in [2.24, 2.45) is 5.92 Å². The first kappa shape index (κ1) is 22.5. The summed E-state index contributed by atoms with van der Waals surface area (Å²) in [4.78, 5) is 14.9. The van der Waals surface area contributed by atoms with Gasteiger partial charge in [0, 0.05) is 18.8 Å². The number of nitrogens with zero attached hydrogens (tertiary/aromatic N) is 1. The number of carbonyl (C=O) groups excluding carboxylic acids is 1. The second-order valence-electron chi connectivity index (χ2n) is 8.33. The van der Waals surface area contributed by atoms with Gasteiger partial charge >= 0.3 is 0 Å². The van der Waals surface area contributed by atoms with E-state index in [0.717, 1.165) is 41.8 Å². The molecule has 1 saturated heterocycles. The summed E-state index contributed by atoms with van der Waals surface area (Å²) in [6.45, 7) is 8.19. The Labute approximate surface area is 179 Å². The lowest BCUT2D eigenvalue weighted by Gasteiger charge is -2.32. The van der Waals surface area contributed by atoms with Crippen LogP contribution < -0.4 is 10.0 Å². The smallest absolute Gasteiger partial charge is 0.240 e. The molecule has 1 unspecified atom stereocenters. The van der Waals surface area contributed by atoms with Crippen LogP contribution in [0.2, 0.25) is 0 Å². The number of hydrogen-bond acceptors (Lipinski definition) is 4. The van der Waals surface area contributed by atoms with Gasteiger partial charge in [0.15, 0.2) is 0 Å². The van der Waals surface area contributed by atoms with E-state index in [4.69, 9.17) is 0 Å². The van der Waals surface area contributed by atoms with Crippen LogP contribution >= 0.6 is 0 Å². The third-order valence-corrected chi connectivity index (χ3v) is 6.81. The molecular weight excluding hydrogens is 398 g/mol. The lowest BCUT2D eigenvalue weighted by molar-refractivity contribution is -0.117. The highest BCUT2D eigenvalue weighted by Crippen LogP contribution is 2.18. The zero-order chi connectivity index (χ0) is 21.7. The first-order valence-corrected chi connectivity index (χ1v) is 11.9. The fourth-order valence-corrected chi connectivity index (χ4v) is 5.06. The molecule has 0 saturated carbocycles. The van der Waals surface area contributed by atoms with E-state index >= 15 is 0 Å². The molecule has 0 spiro atoms. The SMILES string of the molecule is Cc1ccc(S(=O)(=O)NCC2CCCN(CC(=O)Nc3cc(C)cc(C)c3)C2)cc1. The van der Waals surface area contributed by atoms with Crippen LogP contribution in [0.3, 0.4) is 0 Å². The Morgan fingerprint density at radius 2 is 1.70 bits per heavy atom. The van der Waals surface area contributed by atoms with Crippen molar-refractivity contribution in [1.29, 1.82) is 0 Å². The summed E-state index contributed by atoms with van der Waals surface area (Å²) in [6.07, 6.45) is 1.90. The molecule has 0 aliphatic carbocycles. The molecule has 2 aromatic carbocycles. The summed E-state index contributed by atoms with van der Waals surface area (Å²) in [5.74, 6) is 0.147. The minimum Gasteiger partial charge on any atom is -0.325 e. The summed E-state index contributed by atoms with van der Waals surface area (Å²) in [7, 11) is -3.51. The number of nitrogens with one attached hydrogen (secondary N) is 2. The topological polar surface area (TPSA) is 78.5 Å². The van der Waals surface area contributed by atoms with E-state index in [0.29, 0.717) is 19.6 Å². The van der Waals surface area contributed by atoms with Gasteiger partial charge in [-0.05, 0) is 81.5 Å². The van der Waals surface area contributed by atoms with Crippen LogP contribution in [0.1, 0.15) is 29.5 Å². The van der Waals surface area contributed by atoms with E-state index in [1.54, 1.807) is 24.3 Å². The number of carbonyl (C=O) groups is 1. The van der Waals surface area contributed by atoms with Crippen LogP contribution in [0.5, 0.6) is 0 Å². The number of sulfonamides is 1. The van der Waals surface area contributed by atoms with Crippen molar-refractivity contribution >= 4 is 21.6 Å². The molecule has 2 aromatic rings. The van der Waals surface area contributed by atoms with Crippen molar-refractivity contribution in [3.8, 4) is 0 Å². The van der Waals surface area contributed by atoms with Gasteiger partial charge in [-0.15, -0.1) is 0 Å². The standard InChI is InChI=1S/C23H31N3O3S/c1-17-6-8-22(9-7-17)30(28,29)24-14-20-5-4-10-26(15-20)16-23(27)25-21-12-18(2)11-19(3)13-21/h6-9,11-13,20,24H,4-5,10,14-16H2,1-3H3,(H,25,27).